The molecule has 1 unspecified atom stereocenters. The second kappa shape index (κ2) is 5.39. The molecule has 1 aromatic rings. The SMILES string of the molecule is CCC(Oc1ccc(C)c(OC)c1)C(=O)O. The Hall–Kier alpha value is -1.71. The standard InChI is InChI=1S/C12H16O4/c1-4-10(12(13)14)16-9-6-5-8(2)11(7-9)15-3/h5-7,10H,4H2,1-3H3,(H,13,14). The first-order valence-electron chi connectivity index (χ1n) is 5.12. The Morgan fingerprint density at radius 2 is 2.19 bits per heavy atom. The van der Waals surface area contributed by atoms with E-state index in [0.717, 1.165) is 5.56 Å². The molecular weight excluding hydrogens is 208 g/mol. The van der Waals surface area contributed by atoms with Gasteiger partial charge in [0.05, 0.1) is 7.11 Å². The molecular formula is C12H16O4. The van der Waals surface area contributed by atoms with E-state index in [-0.39, 0.29) is 0 Å². The van der Waals surface area contributed by atoms with Crippen LogP contribution >= 0.6 is 0 Å². The molecule has 0 aliphatic heterocycles. The Morgan fingerprint density at radius 1 is 1.50 bits per heavy atom. The van der Waals surface area contributed by atoms with Crippen molar-refractivity contribution >= 4 is 5.97 Å². The smallest absolute Gasteiger partial charge is 0.344 e. The average molecular weight is 224 g/mol. The van der Waals surface area contributed by atoms with Crippen LogP contribution < -0.4 is 9.47 Å². The Labute approximate surface area is 94.8 Å². The number of benzene rings is 1. The number of rotatable bonds is 5. The van der Waals surface area contributed by atoms with E-state index in [4.69, 9.17) is 14.6 Å². The van der Waals surface area contributed by atoms with Crippen LogP contribution in [0.4, 0.5) is 0 Å². The van der Waals surface area contributed by atoms with E-state index >= 15 is 0 Å². The van der Waals surface area contributed by atoms with E-state index < -0.39 is 12.1 Å². The average Bonchev–Trinajstić information content (AvgIpc) is 2.27. The van der Waals surface area contributed by atoms with Gasteiger partial charge in [0.25, 0.3) is 0 Å². The molecule has 0 saturated heterocycles. The second-order valence-corrected chi connectivity index (χ2v) is 3.48. The number of ether oxygens (including phenoxy) is 2. The third-order valence-electron chi connectivity index (χ3n) is 2.30. The third kappa shape index (κ3) is 2.89. The summed E-state index contributed by atoms with van der Waals surface area (Å²) < 4.78 is 10.5. The fourth-order valence-corrected chi connectivity index (χ4v) is 1.35. The van der Waals surface area contributed by atoms with Crippen molar-refractivity contribution in [2.24, 2.45) is 0 Å². The summed E-state index contributed by atoms with van der Waals surface area (Å²) in [6.45, 7) is 3.68. The summed E-state index contributed by atoms with van der Waals surface area (Å²) in [5.41, 5.74) is 0.984. The number of methoxy groups -OCH3 is 1. The van der Waals surface area contributed by atoms with Crippen LogP contribution in [0, 0.1) is 6.92 Å². The highest BCUT2D eigenvalue weighted by Crippen LogP contribution is 2.24. The van der Waals surface area contributed by atoms with Crippen LogP contribution in [-0.4, -0.2) is 24.3 Å². The molecule has 0 saturated carbocycles. The van der Waals surface area contributed by atoms with Gasteiger partial charge in [0.15, 0.2) is 6.10 Å². The minimum Gasteiger partial charge on any atom is -0.496 e. The van der Waals surface area contributed by atoms with Crippen molar-refractivity contribution < 1.29 is 19.4 Å². The third-order valence-corrected chi connectivity index (χ3v) is 2.30. The van der Waals surface area contributed by atoms with E-state index in [1.807, 2.05) is 13.0 Å². The van der Waals surface area contributed by atoms with Gasteiger partial charge < -0.3 is 14.6 Å². The van der Waals surface area contributed by atoms with Crippen LogP contribution in [0.3, 0.4) is 0 Å². The molecule has 0 aliphatic rings. The molecule has 0 radical (unpaired) electrons. The van der Waals surface area contributed by atoms with Crippen molar-refractivity contribution in [2.75, 3.05) is 7.11 Å². The fourth-order valence-electron chi connectivity index (χ4n) is 1.35. The van der Waals surface area contributed by atoms with Crippen molar-refractivity contribution in [3.05, 3.63) is 23.8 Å². The van der Waals surface area contributed by atoms with Crippen LogP contribution in [0.1, 0.15) is 18.9 Å². The number of carbonyl (C=O) groups is 1. The zero-order valence-electron chi connectivity index (χ0n) is 9.69. The Balaban J connectivity index is 2.84. The highest BCUT2D eigenvalue weighted by Gasteiger charge is 2.17. The molecule has 1 rings (SSSR count). The maximum absolute atomic E-state index is 10.8. The van der Waals surface area contributed by atoms with Crippen LogP contribution in [0.25, 0.3) is 0 Å². The molecule has 0 spiro atoms. The number of carboxylic acid groups (broad SMARTS) is 1. The fraction of sp³-hybridized carbons (Fsp3) is 0.417. The van der Waals surface area contributed by atoms with E-state index in [2.05, 4.69) is 0 Å². The molecule has 1 N–H and O–H groups in total. The molecule has 1 aromatic carbocycles. The van der Waals surface area contributed by atoms with Crippen molar-refractivity contribution in [3.8, 4) is 11.5 Å². The molecule has 0 aromatic heterocycles. The molecule has 0 aliphatic carbocycles. The van der Waals surface area contributed by atoms with Crippen molar-refractivity contribution in [1.82, 2.24) is 0 Å². The Morgan fingerprint density at radius 3 is 2.69 bits per heavy atom. The number of hydrogen-bond donors (Lipinski definition) is 1. The first-order chi connectivity index (χ1) is 7.58. The minimum absolute atomic E-state index is 0.422. The van der Waals surface area contributed by atoms with E-state index in [9.17, 15) is 4.79 Å². The van der Waals surface area contributed by atoms with E-state index in [0.29, 0.717) is 17.9 Å². The first kappa shape index (κ1) is 12.4. The van der Waals surface area contributed by atoms with Crippen molar-refractivity contribution in [3.63, 3.8) is 0 Å². The molecule has 0 amide bonds. The lowest BCUT2D eigenvalue weighted by molar-refractivity contribution is -0.145. The van der Waals surface area contributed by atoms with Crippen LogP contribution in [0.2, 0.25) is 0 Å². The highest BCUT2D eigenvalue weighted by molar-refractivity contribution is 5.72. The Bertz CT molecular complexity index is 373. The van der Waals surface area contributed by atoms with Gasteiger partial charge in [-0.3, -0.25) is 0 Å². The predicted octanol–water partition coefficient (Wildman–Crippen LogP) is 2.25. The maximum Gasteiger partial charge on any atom is 0.344 e. The summed E-state index contributed by atoms with van der Waals surface area (Å²) >= 11 is 0. The van der Waals surface area contributed by atoms with Gasteiger partial charge in [-0.05, 0) is 25.0 Å². The van der Waals surface area contributed by atoms with Crippen LogP contribution in [-0.2, 0) is 4.79 Å². The lowest BCUT2D eigenvalue weighted by Gasteiger charge is -2.14. The van der Waals surface area contributed by atoms with Gasteiger partial charge in [-0.1, -0.05) is 13.0 Å². The van der Waals surface area contributed by atoms with Crippen LogP contribution in [0.15, 0.2) is 18.2 Å². The zero-order valence-corrected chi connectivity index (χ0v) is 9.69. The minimum atomic E-state index is -0.956. The number of aryl methyl sites for hydroxylation is 1. The van der Waals surface area contributed by atoms with Gasteiger partial charge in [0, 0.05) is 6.07 Å². The summed E-state index contributed by atoms with van der Waals surface area (Å²) in [6, 6.07) is 5.27. The quantitative estimate of drug-likeness (QED) is 0.833. The highest BCUT2D eigenvalue weighted by atomic mass is 16.5. The second-order valence-electron chi connectivity index (χ2n) is 3.48. The largest absolute Gasteiger partial charge is 0.496 e. The number of hydrogen-bond acceptors (Lipinski definition) is 3. The molecule has 88 valence electrons. The lowest BCUT2D eigenvalue weighted by atomic mass is 10.2. The van der Waals surface area contributed by atoms with E-state index in [1.54, 1.807) is 26.2 Å². The summed E-state index contributed by atoms with van der Waals surface area (Å²) in [5.74, 6) is 0.247. The molecule has 16 heavy (non-hydrogen) atoms. The normalized spacial score (nSPS) is 11.9. The molecule has 4 nitrogen and oxygen atoms in total. The molecule has 4 heteroatoms. The van der Waals surface area contributed by atoms with Gasteiger partial charge >= 0.3 is 5.97 Å². The summed E-state index contributed by atoms with van der Waals surface area (Å²) in [6.07, 6.45) is -0.390. The van der Waals surface area contributed by atoms with Gasteiger partial charge in [-0.2, -0.15) is 0 Å². The van der Waals surface area contributed by atoms with Crippen molar-refractivity contribution in [1.29, 1.82) is 0 Å². The monoisotopic (exact) mass is 224 g/mol. The molecule has 0 heterocycles. The van der Waals surface area contributed by atoms with Crippen LogP contribution in [0.5, 0.6) is 11.5 Å². The van der Waals surface area contributed by atoms with Gasteiger partial charge in [0.2, 0.25) is 0 Å². The van der Waals surface area contributed by atoms with Gasteiger partial charge in [-0.15, -0.1) is 0 Å². The number of aliphatic carboxylic acids is 1. The topological polar surface area (TPSA) is 55.8 Å². The molecule has 1 atom stereocenters. The zero-order chi connectivity index (χ0) is 12.1. The maximum atomic E-state index is 10.8. The van der Waals surface area contributed by atoms with E-state index in [1.165, 1.54) is 0 Å². The summed E-state index contributed by atoms with van der Waals surface area (Å²) in [5, 5.41) is 8.86. The van der Waals surface area contributed by atoms with Gasteiger partial charge in [0.1, 0.15) is 11.5 Å². The first-order valence-corrected chi connectivity index (χ1v) is 5.12. The van der Waals surface area contributed by atoms with Crippen molar-refractivity contribution in [2.45, 2.75) is 26.4 Å². The number of carboxylic acids is 1. The Kier molecular flexibility index (Phi) is 4.17. The van der Waals surface area contributed by atoms with Gasteiger partial charge in [-0.25, -0.2) is 4.79 Å². The predicted molar refractivity (Wildman–Crippen MR) is 60.1 cm³/mol. The summed E-state index contributed by atoms with van der Waals surface area (Å²) in [7, 11) is 1.57. The summed E-state index contributed by atoms with van der Waals surface area (Å²) in [4.78, 5) is 10.8. The molecule has 0 bridgehead atoms. The lowest BCUT2D eigenvalue weighted by Crippen LogP contribution is -2.25. The molecule has 0 fully saturated rings.